The van der Waals surface area contributed by atoms with Crippen molar-refractivity contribution in [2.24, 2.45) is 5.92 Å². The molecule has 0 amide bonds. The third-order valence-electron chi connectivity index (χ3n) is 5.48. The van der Waals surface area contributed by atoms with Gasteiger partial charge >= 0.3 is 0 Å². The van der Waals surface area contributed by atoms with Crippen LogP contribution in [0.2, 0.25) is 5.02 Å². The van der Waals surface area contributed by atoms with Crippen LogP contribution in [-0.2, 0) is 5.60 Å². The van der Waals surface area contributed by atoms with E-state index in [2.05, 4.69) is 11.8 Å². The average Bonchev–Trinajstić information content (AvgIpc) is 2.62. The van der Waals surface area contributed by atoms with Crippen molar-refractivity contribution < 1.29 is 5.11 Å². The first kappa shape index (κ1) is 18.4. The molecular formula is C22H28ClNO. The van der Waals surface area contributed by atoms with E-state index in [0.29, 0.717) is 0 Å². The molecule has 1 aliphatic rings. The monoisotopic (exact) mass is 357 g/mol. The van der Waals surface area contributed by atoms with Gasteiger partial charge in [-0.05, 0) is 62.4 Å². The molecule has 1 heterocycles. The topological polar surface area (TPSA) is 23.5 Å². The van der Waals surface area contributed by atoms with Gasteiger partial charge in [0.05, 0.1) is 5.60 Å². The van der Waals surface area contributed by atoms with E-state index in [1.165, 1.54) is 12.8 Å². The Bertz CT molecular complexity index is 687. The number of rotatable bonds is 5. The van der Waals surface area contributed by atoms with E-state index in [4.69, 9.17) is 11.6 Å². The Morgan fingerprint density at radius 3 is 2.36 bits per heavy atom. The number of hydrogen-bond donors (Lipinski definition) is 1. The van der Waals surface area contributed by atoms with Gasteiger partial charge in [0.2, 0.25) is 0 Å². The van der Waals surface area contributed by atoms with Gasteiger partial charge in [0, 0.05) is 17.1 Å². The molecule has 1 unspecified atom stereocenters. The fraction of sp³-hybridized carbons (Fsp3) is 0.455. The predicted octanol–water partition coefficient (Wildman–Crippen LogP) is 5.34. The number of benzene rings is 2. The van der Waals surface area contributed by atoms with Gasteiger partial charge in [-0.1, -0.05) is 61.0 Å². The predicted molar refractivity (Wildman–Crippen MR) is 106 cm³/mol. The minimum atomic E-state index is -0.803. The van der Waals surface area contributed by atoms with Crippen LogP contribution in [0.15, 0.2) is 48.5 Å². The zero-order chi connectivity index (χ0) is 17.9. The van der Waals surface area contributed by atoms with Gasteiger partial charge in [0.25, 0.3) is 0 Å². The molecule has 0 radical (unpaired) electrons. The first-order valence-electron chi connectivity index (χ1n) is 9.26. The molecule has 2 aromatic rings. The van der Waals surface area contributed by atoms with Gasteiger partial charge in [-0.15, -0.1) is 0 Å². The van der Waals surface area contributed by atoms with E-state index >= 15 is 0 Å². The summed E-state index contributed by atoms with van der Waals surface area (Å²) in [4.78, 5) is 2.48. The molecule has 2 nitrogen and oxygen atoms in total. The van der Waals surface area contributed by atoms with Crippen LogP contribution < -0.4 is 0 Å². The molecule has 0 saturated carbocycles. The highest BCUT2D eigenvalue weighted by atomic mass is 35.5. The fourth-order valence-electron chi connectivity index (χ4n) is 3.51. The lowest BCUT2D eigenvalue weighted by Crippen LogP contribution is -2.36. The number of likely N-dealkylation sites (tertiary alicyclic amines) is 1. The molecule has 1 N–H and O–H groups in total. The molecule has 0 aromatic heterocycles. The van der Waals surface area contributed by atoms with Crippen molar-refractivity contribution in [2.75, 3.05) is 19.6 Å². The van der Waals surface area contributed by atoms with Crippen molar-refractivity contribution in [2.45, 2.75) is 38.7 Å². The van der Waals surface area contributed by atoms with Crippen molar-refractivity contribution in [1.29, 1.82) is 0 Å². The average molecular weight is 358 g/mol. The summed E-state index contributed by atoms with van der Waals surface area (Å²) in [6, 6.07) is 16.0. The molecule has 1 fully saturated rings. The van der Waals surface area contributed by atoms with Gasteiger partial charge in [-0.2, -0.15) is 0 Å². The SMILES string of the molecule is CC1CCN(CCC(C)(O)c2ccc(-c3ccccc3Cl)cc2)CC1. The number of nitrogens with zero attached hydrogens (tertiary/aromatic N) is 1. The smallest absolute Gasteiger partial charge is 0.0880 e. The molecular weight excluding hydrogens is 330 g/mol. The van der Waals surface area contributed by atoms with Crippen LogP contribution in [0.3, 0.4) is 0 Å². The molecule has 3 rings (SSSR count). The Hall–Kier alpha value is -1.35. The summed E-state index contributed by atoms with van der Waals surface area (Å²) < 4.78 is 0. The van der Waals surface area contributed by atoms with Crippen molar-refractivity contribution in [3.63, 3.8) is 0 Å². The molecule has 0 aliphatic carbocycles. The van der Waals surface area contributed by atoms with Gasteiger partial charge in [-0.25, -0.2) is 0 Å². The molecule has 0 spiro atoms. The van der Waals surface area contributed by atoms with Gasteiger partial charge in [-0.3, -0.25) is 0 Å². The summed E-state index contributed by atoms with van der Waals surface area (Å²) in [5.74, 6) is 0.842. The summed E-state index contributed by atoms with van der Waals surface area (Å²) in [5.41, 5.74) is 2.27. The molecule has 0 bridgehead atoms. The lowest BCUT2D eigenvalue weighted by molar-refractivity contribution is 0.0320. The van der Waals surface area contributed by atoms with Gasteiger partial charge in [0.1, 0.15) is 0 Å². The summed E-state index contributed by atoms with van der Waals surface area (Å²) in [6.45, 7) is 7.51. The van der Waals surface area contributed by atoms with Gasteiger partial charge in [0.15, 0.2) is 0 Å². The Labute approximate surface area is 156 Å². The molecule has 1 aliphatic heterocycles. The summed E-state index contributed by atoms with van der Waals surface area (Å²) >= 11 is 6.28. The van der Waals surface area contributed by atoms with E-state index in [1.54, 1.807) is 0 Å². The summed E-state index contributed by atoms with van der Waals surface area (Å²) in [5, 5.41) is 11.7. The van der Waals surface area contributed by atoms with Crippen molar-refractivity contribution in [3.05, 3.63) is 59.1 Å². The maximum atomic E-state index is 10.9. The normalized spacial score (nSPS) is 18.9. The van der Waals surface area contributed by atoms with Crippen molar-refractivity contribution in [3.8, 4) is 11.1 Å². The second-order valence-electron chi connectivity index (χ2n) is 7.61. The Morgan fingerprint density at radius 2 is 1.72 bits per heavy atom. The van der Waals surface area contributed by atoms with Crippen LogP contribution in [-0.4, -0.2) is 29.6 Å². The van der Waals surface area contributed by atoms with Crippen LogP contribution >= 0.6 is 11.6 Å². The van der Waals surface area contributed by atoms with Crippen molar-refractivity contribution in [1.82, 2.24) is 4.90 Å². The second kappa shape index (κ2) is 7.90. The second-order valence-corrected chi connectivity index (χ2v) is 8.01. The minimum Gasteiger partial charge on any atom is -0.385 e. The van der Waals surface area contributed by atoms with Crippen molar-refractivity contribution >= 4 is 11.6 Å². The third kappa shape index (κ3) is 4.63. The highest BCUT2D eigenvalue weighted by Gasteiger charge is 2.25. The lowest BCUT2D eigenvalue weighted by Gasteiger charge is -2.33. The number of aliphatic hydroxyl groups is 1. The van der Waals surface area contributed by atoms with Crippen LogP contribution in [0.5, 0.6) is 0 Å². The Morgan fingerprint density at radius 1 is 1.08 bits per heavy atom. The maximum absolute atomic E-state index is 10.9. The molecule has 2 aromatic carbocycles. The highest BCUT2D eigenvalue weighted by Crippen LogP contribution is 2.31. The Kier molecular flexibility index (Phi) is 5.83. The third-order valence-corrected chi connectivity index (χ3v) is 5.81. The van der Waals surface area contributed by atoms with E-state index < -0.39 is 5.60 Å². The Balaban J connectivity index is 1.65. The van der Waals surface area contributed by atoms with E-state index in [0.717, 1.165) is 53.7 Å². The first-order chi connectivity index (χ1) is 12.0. The van der Waals surface area contributed by atoms with Crippen LogP contribution in [0.25, 0.3) is 11.1 Å². The zero-order valence-electron chi connectivity index (χ0n) is 15.2. The number of halogens is 1. The van der Waals surface area contributed by atoms with Crippen LogP contribution in [0, 0.1) is 5.92 Å². The quantitative estimate of drug-likeness (QED) is 0.781. The van der Waals surface area contributed by atoms with E-state index in [1.807, 2.05) is 55.5 Å². The van der Waals surface area contributed by atoms with Crippen LogP contribution in [0.4, 0.5) is 0 Å². The highest BCUT2D eigenvalue weighted by molar-refractivity contribution is 6.33. The molecule has 3 heteroatoms. The van der Waals surface area contributed by atoms with E-state index in [-0.39, 0.29) is 0 Å². The van der Waals surface area contributed by atoms with Crippen LogP contribution in [0.1, 0.15) is 38.7 Å². The standard InChI is InChI=1S/C22H28ClNO/c1-17-11-14-24(15-12-17)16-13-22(2,25)19-9-7-18(8-10-19)20-5-3-4-6-21(20)23/h3-10,17,25H,11-16H2,1-2H3. The summed E-state index contributed by atoms with van der Waals surface area (Å²) in [6.07, 6.45) is 3.30. The maximum Gasteiger partial charge on any atom is 0.0880 e. The largest absolute Gasteiger partial charge is 0.385 e. The fourth-order valence-corrected chi connectivity index (χ4v) is 3.75. The zero-order valence-corrected chi connectivity index (χ0v) is 16.0. The van der Waals surface area contributed by atoms with E-state index in [9.17, 15) is 5.11 Å². The number of piperidine rings is 1. The molecule has 134 valence electrons. The van der Waals surface area contributed by atoms with Gasteiger partial charge < -0.3 is 10.0 Å². The molecule has 25 heavy (non-hydrogen) atoms. The minimum absolute atomic E-state index is 0.751. The molecule has 1 saturated heterocycles. The molecule has 1 atom stereocenters. The lowest BCUT2D eigenvalue weighted by atomic mass is 9.90. The summed E-state index contributed by atoms with van der Waals surface area (Å²) in [7, 11) is 0. The first-order valence-corrected chi connectivity index (χ1v) is 9.64. The number of hydrogen-bond acceptors (Lipinski definition) is 2.